The second-order valence-corrected chi connectivity index (χ2v) is 4.33. The molecule has 0 amide bonds. The monoisotopic (exact) mass is 228 g/mol. The summed E-state index contributed by atoms with van der Waals surface area (Å²) in [5, 5.41) is 7.74. The normalized spacial score (nSPS) is 18.3. The molecule has 1 N–H and O–H groups in total. The van der Waals surface area contributed by atoms with Crippen LogP contribution < -0.4 is 5.32 Å². The van der Waals surface area contributed by atoms with Crippen LogP contribution >= 0.6 is 0 Å². The maximum Gasteiger partial charge on any atom is 0.138 e. The van der Waals surface area contributed by atoms with Crippen LogP contribution in [0.2, 0.25) is 0 Å². The fraction of sp³-hybridized carbons (Fsp3) is 0.385. The second kappa shape index (κ2) is 4.30. The van der Waals surface area contributed by atoms with Gasteiger partial charge >= 0.3 is 0 Å². The zero-order chi connectivity index (χ0) is 11.7. The summed E-state index contributed by atoms with van der Waals surface area (Å²) < 4.78 is 1.96. The van der Waals surface area contributed by atoms with Gasteiger partial charge < -0.3 is 5.32 Å². The first-order valence-electron chi connectivity index (χ1n) is 6.06. The Balaban J connectivity index is 1.84. The lowest BCUT2D eigenvalue weighted by Gasteiger charge is -2.11. The van der Waals surface area contributed by atoms with E-state index in [0.717, 1.165) is 25.3 Å². The molecule has 1 unspecified atom stereocenters. The molecular weight excluding hydrogens is 212 g/mol. The van der Waals surface area contributed by atoms with E-state index in [0.29, 0.717) is 6.04 Å². The lowest BCUT2D eigenvalue weighted by atomic mass is 10.0. The van der Waals surface area contributed by atoms with Gasteiger partial charge in [0.1, 0.15) is 12.2 Å². The molecule has 0 radical (unpaired) electrons. The van der Waals surface area contributed by atoms with E-state index >= 15 is 0 Å². The van der Waals surface area contributed by atoms with Crippen LogP contribution in [-0.2, 0) is 19.5 Å². The first-order chi connectivity index (χ1) is 8.38. The number of nitrogens with one attached hydrogen (secondary N) is 1. The van der Waals surface area contributed by atoms with Crippen LogP contribution in [0.25, 0.3) is 0 Å². The van der Waals surface area contributed by atoms with E-state index in [1.165, 1.54) is 11.1 Å². The van der Waals surface area contributed by atoms with Gasteiger partial charge in [-0.15, -0.1) is 0 Å². The van der Waals surface area contributed by atoms with E-state index in [9.17, 15) is 0 Å². The van der Waals surface area contributed by atoms with Crippen molar-refractivity contribution in [3.05, 3.63) is 47.5 Å². The number of aryl methyl sites for hydroxylation is 1. The zero-order valence-corrected chi connectivity index (χ0v) is 9.93. The minimum atomic E-state index is 0.376. The van der Waals surface area contributed by atoms with Gasteiger partial charge in [0, 0.05) is 25.6 Å². The average molecular weight is 228 g/mol. The molecular formula is C13H16N4. The molecule has 0 saturated heterocycles. The van der Waals surface area contributed by atoms with E-state index in [1.807, 2.05) is 4.68 Å². The Kier molecular flexibility index (Phi) is 2.65. The van der Waals surface area contributed by atoms with Gasteiger partial charge in [0.2, 0.25) is 0 Å². The number of nitrogens with zero attached hydrogens (tertiary/aromatic N) is 3. The first kappa shape index (κ1) is 10.5. The van der Waals surface area contributed by atoms with E-state index in [4.69, 9.17) is 0 Å². The van der Waals surface area contributed by atoms with Crippen LogP contribution in [0.3, 0.4) is 0 Å². The number of hydrogen-bond donors (Lipinski definition) is 1. The molecule has 0 fully saturated rings. The Morgan fingerprint density at radius 2 is 2.29 bits per heavy atom. The van der Waals surface area contributed by atoms with Gasteiger partial charge in [0.05, 0.1) is 0 Å². The van der Waals surface area contributed by atoms with Crippen LogP contribution in [0.15, 0.2) is 30.6 Å². The van der Waals surface area contributed by atoms with Crippen molar-refractivity contribution in [2.24, 2.45) is 0 Å². The van der Waals surface area contributed by atoms with Crippen LogP contribution in [0.1, 0.15) is 29.9 Å². The summed E-state index contributed by atoms with van der Waals surface area (Å²) in [7, 11) is 0. The van der Waals surface area contributed by atoms with E-state index in [1.54, 1.807) is 6.33 Å². The van der Waals surface area contributed by atoms with Gasteiger partial charge in [0.15, 0.2) is 0 Å². The summed E-state index contributed by atoms with van der Waals surface area (Å²) in [6, 6.07) is 8.96. The lowest BCUT2D eigenvalue weighted by molar-refractivity contribution is 0.529. The van der Waals surface area contributed by atoms with Crippen molar-refractivity contribution in [1.29, 1.82) is 0 Å². The quantitative estimate of drug-likeness (QED) is 0.869. The average Bonchev–Trinajstić information content (AvgIpc) is 2.97. The standard InChI is InChI=1S/C13H16N4/c1-2-17-13(15-9-16-17)7-12-11-6-4-3-5-10(11)8-14-12/h3-6,9,12,14H,2,7-8H2,1H3. The zero-order valence-electron chi connectivity index (χ0n) is 9.93. The molecule has 2 heterocycles. The molecule has 17 heavy (non-hydrogen) atoms. The van der Waals surface area contributed by atoms with Crippen molar-refractivity contribution >= 4 is 0 Å². The Labute approximate surface area is 101 Å². The second-order valence-electron chi connectivity index (χ2n) is 4.33. The third kappa shape index (κ3) is 1.85. The summed E-state index contributed by atoms with van der Waals surface area (Å²) in [6.07, 6.45) is 2.55. The topological polar surface area (TPSA) is 42.7 Å². The molecule has 1 aromatic heterocycles. The lowest BCUT2D eigenvalue weighted by Crippen LogP contribution is -2.17. The molecule has 0 saturated carbocycles. The molecule has 4 nitrogen and oxygen atoms in total. The van der Waals surface area contributed by atoms with Crippen LogP contribution in [0.5, 0.6) is 0 Å². The Morgan fingerprint density at radius 3 is 3.18 bits per heavy atom. The van der Waals surface area contributed by atoms with Gasteiger partial charge in [-0.05, 0) is 18.1 Å². The molecule has 88 valence electrons. The first-order valence-corrected chi connectivity index (χ1v) is 6.06. The van der Waals surface area contributed by atoms with Crippen LogP contribution in [0.4, 0.5) is 0 Å². The highest BCUT2D eigenvalue weighted by Crippen LogP contribution is 2.27. The molecule has 0 spiro atoms. The molecule has 2 aromatic rings. The Hall–Kier alpha value is -1.68. The van der Waals surface area contributed by atoms with Gasteiger partial charge in [0.25, 0.3) is 0 Å². The molecule has 1 aliphatic rings. The Bertz CT molecular complexity index is 518. The number of benzene rings is 1. The smallest absolute Gasteiger partial charge is 0.138 e. The highest BCUT2D eigenvalue weighted by Gasteiger charge is 2.22. The fourth-order valence-corrected chi connectivity index (χ4v) is 2.45. The van der Waals surface area contributed by atoms with Gasteiger partial charge in [-0.25, -0.2) is 4.98 Å². The predicted octanol–water partition coefficient (Wildman–Crippen LogP) is 1.68. The fourth-order valence-electron chi connectivity index (χ4n) is 2.45. The van der Waals surface area contributed by atoms with Crippen molar-refractivity contribution in [3.63, 3.8) is 0 Å². The van der Waals surface area contributed by atoms with Crippen LogP contribution in [0, 0.1) is 0 Å². The maximum atomic E-state index is 4.34. The van der Waals surface area contributed by atoms with Gasteiger partial charge in [-0.3, -0.25) is 4.68 Å². The molecule has 0 aliphatic carbocycles. The van der Waals surface area contributed by atoms with Crippen molar-refractivity contribution in [2.75, 3.05) is 0 Å². The minimum absolute atomic E-state index is 0.376. The van der Waals surface area contributed by atoms with Crippen molar-refractivity contribution < 1.29 is 0 Å². The van der Waals surface area contributed by atoms with E-state index < -0.39 is 0 Å². The molecule has 1 aliphatic heterocycles. The van der Waals surface area contributed by atoms with Gasteiger partial charge in [-0.2, -0.15) is 5.10 Å². The summed E-state index contributed by atoms with van der Waals surface area (Å²) in [4.78, 5) is 4.34. The van der Waals surface area contributed by atoms with E-state index in [-0.39, 0.29) is 0 Å². The summed E-state index contributed by atoms with van der Waals surface area (Å²) in [5.41, 5.74) is 2.80. The third-order valence-corrected chi connectivity index (χ3v) is 3.35. The number of aromatic nitrogens is 3. The molecule has 1 atom stereocenters. The highest BCUT2D eigenvalue weighted by atomic mass is 15.3. The third-order valence-electron chi connectivity index (χ3n) is 3.35. The summed E-state index contributed by atoms with van der Waals surface area (Å²) in [5.74, 6) is 1.06. The molecule has 3 rings (SSSR count). The summed E-state index contributed by atoms with van der Waals surface area (Å²) >= 11 is 0. The molecule has 4 heteroatoms. The van der Waals surface area contributed by atoms with Gasteiger partial charge in [-0.1, -0.05) is 24.3 Å². The Morgan fingerprint density at radius 1 is 1.41 bits per heavy atom. The SMILES string of the molecule is CCn1ncnc1CC1NCc2ccccc21. The number of rotatable bonds is 3. The summed E-state index contributed by atoms with van der Waals surface area (Å²) in [6.45, 7) is 3.93. The minimum Gasteiger partial charge on any atom is -0.305 e. The van der Waals surface area contributed by atoms with Crippen molar-refractivity contribution in [1.82, 2.24) is 20.1 Å². The number of fused-ring (bicyclic) bond motifs is 1. The van der Waals surface area contributed by atoms with E-state index in [2.05, 4.69) is 46.6 Å². The van der Waals surface area contributed by atoms with Crippen molar-refractivity contribution in [3.8, 4) is 0 Å². The number of hydrogen-bond acceptors (Lipinski definition) is 3. The largest absolute Gasteiger partial charge is 0.305 e. The molecule has 0 bridgehead atoms. The highest BCUT2D eigenvalue weighted by molar-refractivity contribution is 5.34. The molecule has 1 aromatic carbocycles. The van der Waals surface area contributed by atoms with Crippen LogP contribution in [-0.4, -0.2) is 14.8 Å². The van der Waals surface area contributed by atoms with Crippen molar-refractivity contribution in [2.45, 2.75) is 32.5 Å². The maximum absolute atomic E-state index is 4.34. The predicted molar refractivity (Wildman–Crippen MR) is 65.4 cm³/mol.